The first-order chi connectivity index (χ1) is 9.93. The second kappa shape index (κ2) is 5.00. The smallest absolute Gasteiger partial charge is 0.327 e. The van der Waals surface area contributed by atoms with Crippen LogP contribution in [0.5, 0.6) is 0 Å². The highest BCUT2D eigenvalue weighted by atomic mass is 35.5. The number of hydrogen-bond donors (Lipinski definition) is 0. The summed E-state index contributed by atoms with van der Waals surface area (Å²) in [5.41, 5.74) is 1.00. The van der Waals surface area contributed by atoms with Gasteiger partial charge in [-0.25, -0.2) is 15.0 Å². The van der Waals surface area contributed by atoms with E-state index in [1.807, 2.05) is 0 Å². The number of pyridine rings is 2. The van der Waals surface area contributed by atoms with Gasteiger partial charge in [-0.1, -0.05) is 17.7 Å². The lowest BCUT2D eigenvalue weighted by Gasteiger charge is -2.10. The molecule has 0 spiro atoms. The van der Waals surface area contributed by atoms with E-state index in [1.165, 1.54) is 6.07 Å². The van der Waals surface area contributed by atoms with Crippen molar-refractivity contribution in [3.8, 4) is 11.5 Å². The van der Waals surface area contributed by atoms with Crippen LogP contribution in [0.3, 0.4) is 0 Å². The van der Waals surface area contributed by atoms with Gasteiger partial charge in [-0.05, 0) is 23.8 Å². The van der Waals surface area contributed by atoms with Crippen molar-refractivity contribution < 1.29 is 13.2 Å². The van der Waals surface area contributed by atoms with Crippen molar-refractivity contribution >= 4 is 11.6 Å². The number of aromatic nitrogens is 4. The van der Waals surface area contributed by atoms with E-state index in [1.54, 1.807) is 35.2 Å². The van der Waals surface area contributed by atoms with Crippen LogP contribution >= 0.6 is 11.6 Å². The Labute approximate surface area is 122 Å². The molecule has 0 N–H and O–H groups in total. The van der Waals surface area contributed by atoms with Crippen LogP contribution in [0, 0.1) is 0 Å². The molecule has 0 bridgehead atoms. The molecule has 0 amide bonds. The highest BCUT2D eigenvalue weighted by molar-refractivity contribution is 6.29. The number of rotatable bonds is 2. The molecule has 0 aliphatic carbocycles. The Morgan fingerprint density at radius 2 is 1.95 bits per heavy atom. The van der Waals surface area contributed by atoms with Crippen LogP contribution in [-0.2, 0) is 12.7 Å². The number of imidazole rings is 1. The molecule has 0 aromatic carbocycles. The van der Waals surface area contributed by atoms with E-state index in [9.17, 15) is 13.2 Å². The first-order valence-electron chi connectivity index (χ1n) is 5.94. The second-order valence-electron chi connectivity index (χ2n) is 4.38. The predicted molar refractivity (Wildman–Crippen MR) is 70.0 cm³/mol. The van der Waals surface area contributed by atoms with Gasteiger partial charge in [-0.3, -0.25) is 0 Å². The number of hydrogen-bond acceptors (Lipinski definition) is 3. The second-order valence-corrected chi connectivity index (χ2v) is 4.77. The molecule has 0 saturated heterocycles. The summed E-state index contributed by atoms with van der Waals surface area (Å²) in [6.07, 6.45) is -1.35. The maximum atomic E-state index is 12.7. The Hall–Kier alpha value is -2.15. The van der Waals surface area contributed by atoms with E-state index >= 15 is 0 Å². The van der Waals surface area contributed by atoms with Crippen LogP contribution in [0.1, 0.15) is 11.4 Å². The first kappa shape index (κ1) is 13.8. The Bertz CT molecular complexity index is 736. The fraction of sp³-hybridized carbons (Fsp3) is 0.154. The molecule has 0 unspecified atom stereocenters. The third-order valence-corrected chi connectivity index (χ3v) is 3.08. The van der Waals surface area contributed by atoms with Crippen molar-refractivity contribution in [2.75, 3.05) is 0 Å². The van der Waals surface area contributed by atoms with Crippen molar-refractivity contribution in [3.63, 3.8) is 0 Å². The van der Waals surface area contributed by atoms with Gasteiger partial charge < -0.3 is 4.57 Å². The summed E-state index contributed by atoms with van der Waals surface area (Å²) in [5, 5.41) is 0.356. The molecule has 2 aliphatic rings. The SMILES string of the molecule is FC(F)(F)c1nc2cccn(Cc3ccc(Cl)nc3)c-2n1. The molecular weight excluding hydrogens is 305 g/mol. The fourth-order valence-electron chi connectivity index (χ4n) is 1.93. The van der Waals surface area contributed by atoms with Gasteiger partial charge in [0.15, 0.2) is 5.82 Å². The van der Waals surface area contributed by atoms with Gasteiger partial charge in [0.1, 0.15) is 10.8 Å². The summed E-state index contributed by atoms with van der Waals surface area (Å²) in [4.78, 5) is 11.0. The molecule has 21 heavy (non-hydrogen) atoms. The molecule has 3 rings (SSSR count). The highest BCUT2D eigenvalue weighted by Gasteiger charge is 2.37. The monoisotopic (exact) mass is 312 g/mol. The van der Waals surface area contributed by atoms with Gasteiger partial charge in [0, 0.05) is 12.4 Å². The molecule has 1 aromatic heterocycles. The molecular formula is C13H8ClF3N4. The van der Waals surface area contributed by atoms with Crippen molar-refractivity contribution in [2.24, 2.45) is 0 Å². The first-order valence-corrected chi connectivity index (χ1v) is 6.32. The third-order valence-electron chi connectivity index (χ3n) is 2.85. The van der Waals surface area contributed by atoms with E-state index in [0.29, 0.717) is 11.7 Å². The van der Waals surface area contributed by atoms with E-state index in [-0.39, 0.29) is 11.5 Å². The summed E-state index contributed by atoms with van der Waals surface area (Å²) >= 11 is 5.70. The van der Waals surface area contributed by atoms with Gasteiger partial charge in [0.05, 0.1) is 6.54 Å². The normalized spacial score (nSPS) is 12.0. The largest absolute Gasteiger partial charge is 0.451 e. The summed E-state index contributed by atoms with van der Waals surface area (Å²) in [6, 6.07) is 6.49. The molecule has 0 atom stereocenters. The molecule has 0 saturated carbocycles. The number of halogens is 4. The lowest BCUT2D eigenvalue weighted by molar-refractivity contribution is -0.144. The quantitative estimate of drug-likeness (QED) is 0.680. The Kier molecular flexibility index (Phi) is 3.29. The summed E-state index contributed by atoms with van der Waals surface area (Å²) < 4.78 is 39.6. The maximum absolute atomic E-state index is 12.7. The van der Waals surface area contributed by atoms with Crippen LogP contribution in [0.25, 0.3) is 11.5 Å². The zero-order valence-electron chi connectivity index (χ0n) is 10.5. The maximum Gasteiger partial charge on any atom is 0.451 e. The Morgan fingerprint density at radius 1 is 1.14 bits per heavy atom. The summed E-state index contributed by atoms with van der Waals surface area (Å²) in [5.74, 6) is -0.952. The van der Waals surface area contributed by atoms with Crippen molar-refractivity contribution in [1.29, 1.82) is 0 Å². The van der Waals surface area contributed by atoms with Crippen LogP contribution in [-0.4, -0.2) is 19.5 Å². The molecule has 2 aliphatic heterocycles. The molecule has 8 heteroatoms. The van der Waals surface area contributed by atoms with Crippen LogP contribution in [0.15, 0.2) is 36.7 Å². The summed E-state index contributed by atoms with van der Waals surface area (Å²) in [6.45, 7) is 0.331. The van der Waals surface area contributed by atoms with E-state index in [0.717, 1.165) is 5.56 Å². The van der Waals surface area contributed by atoms with E-state index in [4.69, 9.17) is 11.6 Å². The lowest BCUT2D eigenvalue weighted by Crippen LogP contribution is -2.07. The Morgan fingerprint density at radius 3 is 2.62 bits per heavy atom. The van der Waals surface area contributed by atoms with E-state index < -0.39 is 12.0 Å². The Balaban J connectivity index is 1.99. The number of fused-ring (bicyclic) bond motifs is 1. The fourth-order valence-corrected chi connectivity index (χ4v) is 2.04. The number of alkyl halides is 3. The number of nitrogens with zero attached hydrogens (tertiary/aromatic N) is 4. The standard InChI is InChI=1S/C13H8ClF3N4/c14-10-4-3-8(6-18-10)7-21-5-1-2-9-11(21)20-12(19-9)13(15,16)17/h1-6H,7H2. The highest BCUT2D eigenvalue weighted by Crippen LogP contribution is 2.30. The minimum absolute atomic E-state index is 0.180. The molecule has 3 heterocycles. The van der Waals surface area contributed by atoms with Gasteiger partial charge in [0.2, 0.25) is 5.82 Å². The van der Waals surface area contributed by atoms with Crippen LogP contribution in [0.2, 0.25) is 5.15 Å². The van der Waals surface area contributed by atoms with Gasteiger partial charge in [0.25, 0.3) is 0 Å². The molecule has 108 valence electrons. The average Bonchev–Trinajstić information content (AvgIpc) is 2.86. The van der Waals surface area contributed by atoms with Crippen LogP contribution in [0.4, 0.5) is 13.2 Å². The van der Waals surface area contributed by atoms with E-state index in [2.05, 4.69) is 15.0 Å². The van der Waals surface area contributed by atoms with Gasteiger partial charge in [-0.15, -0.1) is 0 Å². The van der Waals surface area contributed by atoms with Gasteiger partial charge in [-0.2, -0.15) is 13.2 Å². The molecule has 1 aromatic rings. The summed E-state index contributed by atoms with van der Waals surface area (Å²) in [7, 11) is 0. The van der Waals surface area contributed by atoms with Crippen molar-refractivity contribution in [3.05, 3.63) is 53.2 Å². The molecule has 0 radical (unpaired) electrons. The topological polar surface area (TPSA) is 43.6 Å². The zero-order chi connectivity index (χ0) is 15.0. The van der Waals surface area contributed by atoms with Crippen molar-refractivity contribution in [2.45, 2.75) is 12.7 Å². The molecule has 4 nitrogen and oxygen atoms in total. The van der Waals surface area contributed by atoms with Crippen molar-refractivity contribution in [1.82, 2.24) is 19.5 Å². The average molecular weight is 313 g/mol. The third kappa shape index (κ3) is 2.82. The zero-order valence-corrected chi connectivity index (χ0v) is 11.2. The molecule has 0 fully saturated rings. The van der Waals surface area contributed by atoms with Gasteiger partial charge >= 0.3 is 6.18 Å². The minimum atomic E-state index is -4.56. The lowest BCUT2D eigenvalue weighted by atomic mass is 10.2. The minimum Gasteiger partial charge on any atom is -0.327 e. The predicted octanol–water partition coefficient (Wildman–Crippen LogP) is 3.50. The van der Waals surface area contributed by atoms with Crippen LogP contribution < -0.4 is 0 Å².